The summed E-state index contributed by atoms with van der Waals surface area (Å²) in [6.07, 6.45) is 6.14. The van der Waals surface area contributed by atoms with Crippen LogP contribution in [-0.2, 0) is 6.54 Å². The van der Waals surface area contributed by atoms with Crippen LogP contribution < -0.4 is 5.32 Å². The van der Waals surface area contributed by atoms with Gasteiger partial charge in [-0.1, -0.05) is 18.6 Å². The third-order valence-corrected chi connectivity index (χ3v) is 2.04. The van der Waals surface area contributed by atoms with Crippen LogP contribution in [0.4, 0.5) is 0 Å². The molecule has 0 amide bonds. The second-order valence-corrected chi connectivity index (χ2v) is 3.40. The van der Waals surface area contributed by atoms with E-state index in [1.54, 1.807) is 0 Å². The van der Waals surface area contributed by atoms with Gasteiger partial charge in [-0.25, -0.2) is 0 Å². The zero-order valence-corrected chi connectivity index (χ0v) is 9.25. The van der Waals surface area contributed by atoms with Crippen LogP contribution >= 0.6 is 0 Å². The van der Waals surface area contributed by atoms with Gasteiger partial charge in [0.05, 0.1) is 6.20 Å². The zero-order valence-electron chi connectivity index (χ0n) is 9.25. The van der Waals surface area contributed by atoms with Crippen LogP contribution in [0.1, 0.15) is 26.3 Å². The van der Waals surface area contributed by atoms with Crippen molar-refractivity contribution in [2.24, 2.45) is 0 Å². The molecule has 0 fully saturated rings. The highest BCUT2D eigenvalue weighted by atomic mass is 15.3. The number of aryl methyl sites for hydroxylation is 1. The van der Waals surface area contributed by atoms with E-state index < -0.39 is 0 Å². The molecule has 0 saturated carbocycles. The lowest BCUT2D eigenvalue weighted by molar-refractivity contribution is 0.660. The van der Waals surface area contributed by atoms with Crippen LogP contribution in [0.5, 0.6) is 0 Å². The van der Waals surface area contributed by atoms with Gasteiger partial charge in [0.25, 0.3) is 0 Å². The second-order valence-electron chi connectivity index (χ2n) is 3.40. The van der Waals surface area contributed by atoms with Crippen LogP contribution in [0.2, 0.25) is 0 Å². The first-order chi connectivity index (χ1) is 6.76. The van der Waals surface area contributed by atoms with E-state index in [-0.39, 0.29) is 0 Å². The Morgan fingerprint density at radius 2 is 2.36 bits per heavy atom. The van der Waals surface area contributed by atoms with Crippen molar-refractivity contribution in [1.82, 2.24) is 15.1 Å². The van der Waals surface area contributed by atoms with Crippen LogP contribution in [0.25, 0.3) is 6.08 Å². The minimum absolute atomic E-state index is 0.931. The quantitative estimate of drug-likeness (QED) is 0.774. The molecule has 1 aromatic heterocycles. The molecule has 0 aliphatic rings. The lowest BCUT2D eigenvalue weighted by Gasteiger charge is -2.00. The molecule has 0 bridgehead atoms. The zero-order chi connectivity index (χ0) is 10.4. The molecule has 0 unspecified atom stereocenters. The van der Waals surface area contributed by atoms with Crippen molar-refractivity contribution in [2.45, 2.75) is 27.3 Å². The average molecular weight is 193 g/mol. The van der Waals surface area contributed by atoms with Crippen LogP contribution in [0.3, 0.4) is 0 Å². The number of rotatable bonds is 5. The van der Waals surface area contributed by atoms with E-state index in [1.807, 2.05) is 10.9 Å². The first kappa shape index (κ1) is 11.0. The van der Waals surface area contributed by atoms with E-state index in [4.69, 9.17) is 0 Å². The third kappa shape index (κ3) is 3.34. The summed E-state index contributed by atoms with van der Waals surface area (Å²) in [4.78, 5) is 0. The fourth-order valence-corrected chi connectivity index (χ4v) is 1.28. The monoisotopic (exact) mass is 193 g/mol. The van der Waals surface area contributed by atoms with Crippen molar-refractivity contribution >= 4 is 6.08 Å². The molecular formula is C11H19N3. The summed E-state index contributed by atoms with van der Waals surface area (Å²) in [7, 11) is 0. The van der Waals surface area contributed by atoms with Gasteiger partial charge < -0.3 is 5.32 Å². The standard InChI is InChI=1S/C11H19N3/c1-4-12-7-10(3)6-11-8-13-14(5-2)9-11/h6,8-9,12H,4-5,7H2,1-3H3. The molecular weight excluding hydrogens is 174 g/mol. The lowest BCUT2D eigenvalue weighted by atomic mass is 10.2. The number of nitrogens with zero attached hydrogens (tertiary/aromatic N) is 2. The molecule has 3 nitrogen and oxygen atoms in total. The molecule has 1 rings (SSSR count). The highest BCUT2D eigenvalue weighted by Crippen LogP contribution is 2.04. The topological polar surface area (TPSA) is 29.9 Å². The number of hydrogen-bond acceptors (Lipinski definition) is 2. The van der Waals surface area contributed by atoms with Gasteiger partial charge in [0.2, 0.25) is 0 Å². The molecule has 0 saturated heterocycles. The normalized spacial score (nSPS) is 12.1. The highest BCUT2D eigenvalue weighted by molar-refractivity contribution is 5.50. The number of nitrogens with one attached hydrogen (secondary N) is 1. The number of aromatic nitrogens is 2. The Kier molecular flexibility index (Phi) is 4.40. The SMILES string of the molecule is CCNCC(C)=Cc1cnn(CC)c1. The van der Waals surface area contributed by atoms with Crippen molar-refractivity contribution in [3.05, 3.63) is 23.5 Å². The van der Waals surface area contributed by atoms with Gasteiger partial charge in [0.15, 0.2) is 0 Å². The molecule has 0 spiro atoms. The van der Waals surface area contributed by atoms with Gasteiger partial charge in [-0.3, -0.25) is 4.68 Å². The molecule has 0 aliphatic heterocycles. The maximum atomic E-state index is 4.22. The fraction of sp³-hybridized carbons (Fsp3) is 0.545. The van der Waals surface area contributed by atoms with E-state index in [0.717, 1.165) is 19.6 Å². The molecule has 0 aliphatic carbocycles. The highest BCUT2D eigenvalue weighted by Gasteiger charge is 1.94. The summed E-state index contributed by atoms with van der Waals surface area (Å²) in [5, 5.41) is 7.51. The van der Waals surface area contributed by atoms with Crippen molar-refractivity contribution in [3.8, 4) is 0 Å². The van der Waals surface area contributed by atoms with Crippen LogP contribution in [0, 0.1) is 0 Å². The smallest absolute Gasteiger partial charge is 0.0562 e. The minimum atomic E-state index is 0.931. The molecule has 0 atom stereocenters. The van der Waals surface area contributed by atoms with E-state index >= 15 is 0 Å². The molecule has 0 aromatic carbocycles. The molecule has 14 heavy (non-hydrogen) atoms. The van der Waals surface area contributed by atoms with Gasteiger partial charge in [-0.15, -0.1) is 0 Å². The maximum absolute atomic E-state index is 4.22. The van der Waals surface area contributed by atoms with Gasteiger partial charge in [0.1, 0.15) is 0 Å². The summed E-state index contributed by atoms with van der Waals surface area (Å²) in [6.45, 7) is 9.23. The maximum Gasteiger partial charge on any atom is 0.0562 e. The first-order valence-corrected chi connectivity index (χ1v) is 5.16. The van der Waals surface area contributed by atoms with Crippen LogP contribution in [0.15, 0.2) is 18.0 Å². The largest absolute Gasteiger partial charge is 0.313 e. The van der Waals surface area contributed by atoms with E-state index in [9.17, 15) is 0 Å². The Morgan fingerprint density at radius 1 is 1.57 bits per heavy atom. The molecule has 1 aromatic rings. The summed E-state index contributed by atoms with van der Waals surface area (Å²) in [6, 6.07) is 0. The summed E-state index contributed by atoms with van der Waals surface area (Å²) in [5.41, 5.74) is 2.52. The second kappa shape index (κ2) is 5.60. The first-order valence-electron chi connectivity index (χ1n) is 5.16. The van der Waals surface area contributed by atoms with Crippen molar-refractivity contribution in [1.29, 1.82) is 0 Å². The van der Waals surface area contributed by atoms with Gasteiger partial charge >= 0.3 is 0 Å². The third-order valence-electron chi connectivity index (χ3n) is 2.04. The van der Waals surface area contributed by atoms with E-state index in [2.05, 4.69) is 43.5 Å². The number of likely N-dealkylation sites (N-methyl/N-ethyl adjacent to an activating group) is 1. The Morgan fingerprint density at radius 3 is 2.93 bits per heavy atom. The predicted octanol–water partition coefficient (Wildman–Crippen LogP) is 1.92. The fourth-order valence-electron chi connectivity index (χ4n) is 1.28. The van der Waals surface area contributed by atoms with E-state index in [0.29, 0.717) is 0 Å². The summed E-state index contributed by atoms with van der Waals surface area (Å²) >= 11 is 0. The Bertz CT molecular complexity index is 299. The Hall–Kier alpha value is -1.09. The number of hydrogen-bond donors (Lipinski definition) is 1. The lowest BCUT2D eigenvalue weighted by Crippen LogP contribution is -2.14. The Labute approximate surface area is 85.8 Å². The molecule has 78 valence electrons. The molecule has 1 N–H and O–H groups in total. The van der Waals surface area contributed by atoms with E-state index in [1.165, 1.54) is 11.1 Å². The van der Waals surface area contributed by atoms with Crippen molar-refractivity contribution in [3.63, 3.8) is 0 Å². The molecule has 0 radical (unpaired) electrons. The average Bonchev–Trinajstić information content (AvgIpc) is 2.62. The summed E-state index contributed by atoms with van der Waals surface area (Å²) < 4.78 is 1.94. The Balaban J connectivity index is 2.56. The van der Waals surface area contributed by atoms with Gasteiger partial charge in [-0.2, -0.15) is 5.10 Å². The predicted molar refractivity (Wildman–Crippen MR) is 60.1 cm³/mol. The van der Waals surface area contributed by atoms with Crippen molar-refractivity contribution in [2.75, 3.05) is 13.1 Å². The molecule has 1 heterocycles. The molecule has 3 heteroatoms. The minimum Gasteiger partial charge on any atom is -0.313 e. The van der Waals surface area contributed by atoms with Crippen LogP contribution in [-0.4, -0.2) is 22.9 Å². The van der Waals surface area contributed by atoms with Gasteiger partial charge in [-0.05, 0) is 20.4 Å². The summed E-state index contributed by atoms with van der Waals surface area (Å²) in [5.74, 6) is 0. The van der Waals surface area contributed by atoms with Crippen molar-refractivity contribution < 1.29 is 0 Å². The van der Waals surface area contributed by atoms with Gasteiger partial charge in [0, 0.05) is 24.8 Å².